The maximum atomic E-state index is 12.2. The van der Waals surface area contributed by atoms with Gasteiger partial charge in [-0.25, -0.2) is 0 Å². The molecule has 1 aliphatic rings. The minimum Gasteiger partial charge on any atom is -0.377 e. The van der Waals surface area contributed by atoms with Crippen LogP contribution in [0.2, 0.25) is 0 Å². The van der Waals surface area contributed by atoms with Crippen LogP contribution >= 0.6 is 0 Å². The number of hydrazone groups is 1. The highest BCUT2D eigenvalue weighted by atomic mass is 32.2. The first-order valence-electron chi connectivity index (χ1n) is 6.62. The smallest absolute Gasteiger partial charge is 0.295 e. The van der Waals surface area contributed by atoms with Crippen LogP contribution in [0.15, 0.2) is 64.6 Å². The largest absolute Gasteiger partial charge is 0.377 e. The molecule has 1 heterocycles. The Morgan fingerprint density at radius 1 is 1.00 bits per heavy atom. The van der Waals surface area contributed by atoms with Gasteiger partial charge in [0.1, 0.15) is 10.6 Å². The van der Waals surface area contributed by atoms with Crippen LogP contribution in [-0.4, -0.2) is 35.8 Å². The minimum atomic E-state index is -4.52. The van der Waals surface area contributed by atoms with Crippen LogP contribution in [0.5, 0.6) is 0 Å². The Morgan fingerprint density at radius 3 is 2.26 bits per heavy atom. The van der Waals surface area contributed by atoms with E-state index in [9.17, 15) is 22.9 Å². The first-order valence-corrected chi connectivity index (χ1v) is 8.06. The van der Waals surface area contributed by atoms with Crippen molar-refractivity contribution in [3.05, 3.63) is 60.2 Å². The van der Waals surface area contributed by atoms with E-state index in [-0.39, 0.29) is 11.3 Å². The summed E-state index contributed by atoms with van der Waals surface area (Å²) in [4.78, 5) is 11.8. The Labute approximate surface area is 132 Å². The molecule has 0 spiro atoms. The normalized spacial score (nSPS) is 18.2. The van der Waals surface area contributed by atoms with Crippen molar-refractivity contribution in [3.8, 4) is 0 Å². The number of aliphatic hydroxyl groups is 1. The van der Waals surface area contributed by atoms with Gasteiger partial charge in [-0.2, -0.15) is 18.5 Å². The van der Waals surface area contributed by atoms with Gasteiger partial charge >= 0.3 is 0 Å². The second-order valence-electron chi connectivity index (χ2n) is 4.84. The molecule has 0 saturated carbocycles. The standard InChI is InChI=1S/C15H12N2O5S/c18-14-13(11-8-4-5-9-12(11)23(20,21)22)16-17(15(14)19)10-6-2-1-3-7-10/h1-9,14,18H,(H,20,21,22). The number of carbonyl (C=O) groups excluding carboxylic acids is 1. The van der Waals surface area contributed by atoms with Crippen LogP contribution < -0.4 is 5.01 Å². The molecule has 1 unspecified atom stereocenters. The van der Waals surface area contributed by atoms with Crippen molar-refractivity contribution in [2.75, 3.05) is 5.01 Å². The van der Waals surface area contributed by atoms with E-state index >= 15 is 0 Å². The van der Waals surface area contributed by atoms with Gasteiger partial charge in [-0.15, -0.1) is 0 Å². The molecule has 1 amide bonds. The number of aliphatic hydroxyl groups excluding tert-OH is 1. The molecular formula is C15H12N2O5S. The molecule has 0 aliphatic carbocycles. The van der Waals surface area contributed by atoms with Crippen LogP contribution in [0, 0.1) is 0 Å². The molecule has 0 aromatic heterocycles. The fourth-order valence-electron chi connectivity index (χ4n) is 2.30. The topological polar surface area (TPSA) is 107 Å². The van der Waals surface area contributed by atoms with E-state index in [1.165, 1.54) is 24.3 Å². The van der Waals surface area contributed by atoms with Crippen LogP contribution in [0.4, 0.5) is 5.69 Å². The minimum absolute atomic E-state index is 0.0192. The van der Waals surface area contributed by atoms with Gasteiger partial charge in [0.05, 0.1) is 5.69 Å². The molecule has 0 radical (unpaired) electrons. The first-order chi connectivity index (χ1) is 10.9. The summed E-state index contributed by atoms with van der Waals surface area (Å²) in [6, 6.07) is 13.9. The van der Waals surface area contributed by atoms with Crippen molar-refractivity contribution < 1.29 is 22.9 Å². The highest BCUT2D eigenvalue weighted by molar-refractivity contribution is 7.86. The van der Waals surface area contributed by atoms with Crippen molar-refractivity contribution >= 4 is 27.4 Å². The quantitative estimate of drug-likeness (QED) is 0.817. The number of rotatable bonds is 3. The number of para-hydroxylation sites is 1. The van der Waals surface area contributed by atoms with Gasteiger partial charge in [-0.05, 0) is 18.2 Å². The van der Waals surface area contributed by atoms with Gasteiger partial charge in [0, 0.05) is 5.56 Å². The molecular weight excluding hydrogens is 320 g/mol. The summed E-state index contributed by atoms with van der Waals surface area (Å²) >= 11 is 0. The zero-order valence-corrected chi connectivity index (χ0v) is 12.5. The van der Waals surface area contributed by atoms with Gasteiger partial charge in [0.25, 0.3) is 16.0 Å². The molecule has 7 nitrogen and oxygen atoms in total. The maximum Gasteiger partial charge on any atom is 0.295 e. The second kappa shape index (κ2) is 5.58. The lowest BCUT2D eigenvalue weighted by molar-refractivity contribution is -0.122. The fraction of sp³-hybridized carbons (Fsp3) is 0.0667. The second-order valence-corrected chi connectivity index (χ2v) is 6.23. The molecule has 0 saturated heterocycles. The van der Waals surface area contributed by atoms with Gasteiger partial charge in [0.15, 0.2) is 6.10 Å². The van der Waals surface area contributed by atoms with E-state index in [4.69, 9.17) is 0 Å². The molecule has 1 aliphatic heterocycles. The molecule has 2 aromatic rings. The van der Waals surface area contributed by atoms with Crippen molar-refractivity contribution in [2.24, 2.45) is 5.10 Å². The highest BCUT2D eigenvalue weighted by Crippen LogP contribution is 2.25. The van der Waals surface area contributed by atoms with Crippen LogP contribution in [0.25, 0.3) is 0 Å². The van der Waals surface area contributed by atoms with E-state index in [1.54, 1.807) is 30.3 Å². The average molecular weight is 332 g/mol. The third-order valence-corrected chi connectivity index (χ3v) is 4.26. The van der Waals surface area contributed by atoms with Crippen LogP contribution in [0.1, 0.15) is 5.56 Å². The van der Waals surface area contributed by atoms with E-state index in [0.29, 0.717) is 5.69 Å². The number of benzene rings is 2. The molecule has 8 heteroatoms. The number of anilines is 1. The van der Waals surface area contributed by atoms with E-state index in [1.807, 2.05) is 0 Å². The van der Waals surface area contributed by atoms with Crippen molar-refractivity contribution in [3.63, 3.8) is 0 Å². The molecule has 2 aromatic carbocycles. The summed E-state index contributed by atoms with van der Waals surface area (Å²) < 4.78 is 32.2. The Hall–Kier alpha value is -2.55. The van der Waals surface area contributed by atoms with E-state index in [2.05, 4.69) is 5.10 Å². The molecule has 23 heavy (non-hydrogen) atoms. The summed E-state index contributed by atoms with van der Waals surface area (Å²) in [5.74, 6) is -0.698. The van der Waals surface area contributed by atoms with Gasteiger partial charge in [-0.3, -0.25) is 9.35 Å². The fourth-order valence-corrected chi connectivity index (χ4v) is 3.00. The lowest BCUT2D eigenvalue weighted by atomic mass is 10.1. The predicted octanol–water partition coefficient (Wildman–Crippen LogP) is 1.05. The summed E-state index contributed by atoms with van der Waals surface area (Å²) in [6.07, 6.45) is -1.61. The molecule has 118 valence electrons. The van der Waals surface area contributed by atoms with E-state index in [0.717, 1.165) is 5.01 Å². The molecule has 2 N–H and O–H groups in total. The van der Waals surface area contributed by atoms with Gasteiger partial charge < -0.3 is 5.11 Å². The number of carbonyl (C=O) groups is 1. The SMILES string of the molecule is O=C1C(O)C(c2ccccc2S(=O)(=O)O)=NN1c1ccccc1. The molecule has 0 fully saturated rings. The number of amides is 1. The third-order valence-electron chi connectivity index (χ3n) is 3.35. The predicted molar refractivity (Wildman–Crippen MR) is 82.7 cm³/mol. The molecule has 1 atom stereocenters. The molecule has 0 bridgehead atoms. The molecule has 3 rings (SSSR count). The number of hydrogen-bond donors (Lipinski definition) is 2. The van der Waals surface area contributed by atoms with Crippen molar-refractivity contribution in [2.45, 2.75) is 11.0 Å². The number of hydrogen-bond acceptors (Lipinski definition) is 5. The monoisotopic (exact) mass is 332 g/mol. The maximum absolute atomic E-state index is 12.2. The van der Waals surface area contributed by atoms with Gasteiger partial charge in [-0.1, -0.05) is 36.4 Å². The average Bonchev–Trinajstić information content (AvgIpc) is 2.83. The van der Waals surface area contributed by atoms with Crippen LogP contribution in [-0.2, 0) is 14.9 Å². The Bertz CT molecular complexity index is 893. The zero-order valence-electron chi connectivity index (χ0n) is 11.7. The zero-order chi connectivity index (χ0) is 16.6. The van der Waals surface area contributed by atoms with Crippen molar-refractivity contribution in [1.82, 2.24) is 0 Å². The lowest BCUT2D eigenvalue weighted by Gasteiger charge is -2.11. The Balaban J connectivity index is 2.13. The third kappa shape index (κ3) is 2.74. The highest BCUT2D eigenvalue weighted by Gasteiger charge is 2.37. The van der Waals surface area contributed by atoms with Crippen LogP contribution in [0.3, 0.4) is 0 Å². The van der Waals surface area contributed by atoms with Crippen molar-refractivity contribution in [1.29, 1.82) is 0 Å². The summed E-state index contributed by atoms with van der Waals surface area (Å²) in [6.45, 7) is 0. The summed E-state index contributed by atoms with van der Waals surface area (Å²) in [5.41, 5.74) is 0.289. The van der Waals surface area contributed by atoms with Gasteiger partial charge in [0.2, 0.25) is 0 Å². The summed E-state index contributed by atoms with van der Waals surface area (Å²) in [7, 11) is -4.52. The Morgan fingerprint density at radius 2 is 1.61 bits per heavy atom. The number of nitrogens with zero attached hydrogens (tertiary/aromatic N) is 2. The lowest BCUT2D eigenvalue weighted by Crippen LogP contribution is -2.32. The first kappa shape index (κ1) is 15.3. The summed E-state index contributed by atoms with van der Waals surface area (Å²) in [5, 5.41) is 15.2. The Kier molecular flexibility index (Phi) is 3.72. The van der Waals surface area contributed by atoms with E-state index < -0.39 is 27.0 Å².